The molecular weight excluding hydrogens is 240 g/mol. The van der Waals surface area contributed by atoms with E-state index >= 15 is 0 Å². The van der Waals surface area contributed by atoms with E-state index in [4.69, 9.17) is 0 Å². The molecule has 0 aliphatic rings. The van der Waals surface area contributed by atoms with E-state index < -0.39 is 0 Å². The van der Waals surface area contributed by atoms with Crippen molar-refractivity contribution in [3.63, 3.8) is 0 Å². The Labute approximate surface area is 91.7 Å². The molecule has 0 saturated carbocycles. The smallest absolute Gasteiger partial charge is 0.0980 e. The largest absolute Gasteiger partial charge is 0.168 e. The van der Waals surface area contributed by atoms with E-state index in [0.717, 1.165) is 15.3 Å². The van der Waals surface area contributed by atoms with E-state index in [1.54, 1.807) is 0 Å². The van der Waals surface area contributed by atoms with Crippen LogP contribution in [0.25, 0.3) is 0 Å². The number of thiol groups is 3. The Morgan fingerprint density at radius 2 is 1.10 bits per heavy atom. The van der Waals surface area contributed by atoms with Gasteiger partial charge in [-0.05, 0) is 0 Å². The second-order valence-electron chi connectivity index (χ2n) is 1.18. The van der Waals surface area contributed by atoms with Gasteiger partial charge in [-0.2, -0.15) is 37.9 Å². The maximum atomic E-state index is 4.13. The van der Waals surface area contributed by atoms with Gasteiger partial charge in [0.2, 0.25) is 0 Å². The summed E-state index contributed by atoms with van der Waals surface area (Å²) in [7, 11) is 0. The molecule has 0 spiro atoms. The highest BCUT2D eigenvalue weighted by atomic mass is 32.3. The molecule has 0 fully saturated rings. The fourth-order valence-electron chi connectivity index (χ4n) is 0.327. The van der Waals surface area contributed by atoms with Gasteiger partial charge in [0, 0.05) is 15.3 Å². The summed E-state index contributed by atoms with van der Waals surface area (Å²) >= 11 is 17.8. The van der Waals surface area contributed by atoms with Gasteiger partial charge < -0.3 is 0 Å². The first-order chi connectivity index (χ1) is 4.85. The fourth-order valence-corrected chi connectivity index (χ4v) is 6.23. The van der Waals surface area contributed by atoms with E-state index in [1.165, 1.54) is 0 Å². The molecule has 0 atom stereocenters. The maximum absolute atomic E-state index is 4.13. The molecule has 0 aliphatic heterocycles. The molecule has 0 aromatic carbocycles. The van der Waals surface area contributed by atoms with Crippen molar-refractivity contribution in [3.05, 3.63) is 0 Å². The van der Waals surface area contributed by atoms with Gasteiger partial charge in [-0.25, -0.2) is 0 Å². The van der Waals surface area contributed by atoms with Crippen LogP contribution in [0.3, 0.4) is 0 Å². The van der Waals surface area contributed by atoms with Gasteiger partial charge in [0.1, 0.15) is 0 Å². The summed E-state index contributed by atoms with van der Waals surface area (Å²) in [6, 6.07) is 0. The number of thioether (sulfide) groups is 3. The predicted octanol–water partition coefficient (Wildman–Crippen LogP) is 3.13. The molecule has 0 amide bonds. The molecule has 0 nitrogen and oxygen atoms in total. The first-order valence-corrected chi connectivity index (χ1v) is 7.57. The third-order valence-electron chi connectivity index (χ3n) is 0.632. The van der Waals surface area contributed by atoms with Crippen molar-refractivity contribution >= 4 is 73.2 Å². The van der Waals surface area contributed by atoms with Crippen LogP contribution in [-0.4, -0.2) is 19.2 Å². The Morgan fingerprint density at radius 3 is 1.30 bits per heavy atom. The molecule has 62 valence electrons. The van der Waals surface area contributed by atoms with Gasteiger partial charge in [-0.15, -0.1) is 35.3 Å². The number of hydrogen-bond donors (Lipinski definition) is 3. The molecule has 0 aromatic heterocycles. The maximum Gasteiger partial charge on any atom is 0.0980 e. The molecule has 0 aliphatic carbocycles. The summed E-state index contributed by atoms with van der Waals surface area (Å²) < 4.78 is 0.549. The van der Waals surface area contributed by atoms with Crippen LogP contribution in [-0.2, 0) is 0 Å². The summed E-state index contributed by atoms with van der Waals surface area (Å²) in [5, 5.41) is 2.60. The van der Waals surface area contributed by atoms with Gasteiger partial charge in [0.25, 0.3) is 0 Å². The number of rotatable bonds is 6. The lowest BCUT2D eigenvalue weighted by Gasteiger charge is -2.10. The summed E-state index contributed by atoms with van der Waals surface area (Å²) in [5.74, 6) is 0. The van der Waals surface area contributed by atoms with E-state index in [-0.39, 0.29) is 0 Å². The highest BCUT2D eigenvalue weighted by molar-refractivity contribution is 8.36. The molecule has 6 heteroatoms. The molecule has 0 rings (SSSR count). The highest BCUT2D eigenvalue weighted by Crippen LogP contribution is 2.34. The molecule has 0 saturated heterocycles. The average molecular weight is 251 g/mol. The van der Waals surface area contributed by atoms with Gasteiger partial charge in [-0.1, -0.05) is 0 Å². The third kappa shape index (κ3) is 6.79. The zero-order valence-electron chi connectivity index (χ0n) is 5.27. The SMILES string of the molecule is SCSC(SCS)SCS. The minimum Gasteiger partial charge on any atom is -0.168 e. The lowest BCUT2D eigenvalue weighted by Crippen LogP contribution is -1.89. The minimum atomic E-state index is 0.549. The Balaban J connectivity index is 3.30. The summed E-state index contributed by atoms with van der Waals surface area (Å²) in [4.78, 5) is 0. The quantitative estimate of drug-likeness (QED) is 0.490. The van der Waals surface area contributed by atoms with Gasteiger partial charge >= 0.3 is 0 Å². The topological polar surface area (TPSA) is 0 Å². The third-order valence-corrected chi connectivity index (χ3v) is 5.69. The lowest BCUT2D eigenvalue weighted by molar-refractivity contribution is 1.97. The van der Waals surface area contributed by atoms with Crippen molar-refractivity contribution in [1.29, 1.82) is 0 Å². The molecule has 0 radical (unpaired) electrons. The van der Waals surface area contributed by atoms with Crippen LogP contribution in [0, 0.1) is 0 Å². The molecule has 0 heterocycles. The Bertz CT molecular complexity index is 52.5. The second-order valence-corrected chi connectivity index (χ2v) is 7.58. The van der Waals surface area contributed by atoms with Crippen molar-refractivity contribution in [1.82, 2.24) is 0 Å². The Morgan fingerprint density at radius 1 is 0.800 bits per heavy atom. The summed E-state index contributed by atoms with van der Waals surface area (Å²) in [5.41, 5.74) is 0. The molecule has 0 aromatic rings. The second kappa shape index (κ2) is 9.19. The molecular formula is C4H10S6. The average Bonchev–Trinajstić information content (AvgIpc) is 1.90. The van der Waals surface area contributed by atoms with Crippen LogP contribution in [0.4, 0.5) is 0 Å². The van der Waals surface area contributed by atoms with Crippen LogP contribution >= 0.6 is 73.2 Å². The van der Waals surface area contributed by atoms with Crippen LogP contribution in [0.5, 0.6) is 0 Å². The van der Waals surface area contributed by atoms with Crippen LogP contribution in [0.1, 0.15) is 0 Å². The van der Waals surface area contributed by atoms with Crippen molar-refractivity contribution in [2.45, 2.75) is 3.91 Å². The molecule has 10 heavy (non-hydrogen) atoms. The monoisotopic (exact) mass is 250 g/mol. The zero-order chi connectivity index (χ0) is 7.82. The molecule has 0 bridgehead atoms. The van der Waals surface area contributed by atoms with Gasteiger partial charge in [-0.3, -0.25) is 0 Å². The normalized spacial score (nSPS) is 10.8. The predicted molar refractivity (Wildman–Crippen MR) is 68.1 cm³/mol. The van der Waals surface area contributed by atoms with E-state index in [2.05, 4.69) is 37.9 Å². The van der Waals surface area contributed by atoms with Crippen molar-refractivity contribution in [3.8, 4) is 0 Å². The minimum absolute atomic E-state index is 0.549. The van der Waals surface area contributed by atoms with Crippen LogP contribution < -0.4 is 0 Å². The van der Waals surface area contributed by atoms with Crippen LogP contribution in [0.2, 0.25) is 0 Å². The highest BCUT2D eigenvalue weighted by Gasteiger charge is 2.06. The molecule has 0 unspecified atom stereocenters. The Kier molecular flexibility index (Phi) is 11.1. The first-order valence-electron chi connectivity index (χ1n) is 2.52. The summed E-state index contributed by atoms with van der Waals surface area (Å²) in [6.07, 6.45) is 0. The van der Waals surface area contributed by atoms with Gasteiger partial charge in [0.05, 0.1) is 3.91 Å². The fraction of sp³-hybridized carbons (Fsp3) is 1.00. The first kappa shape index (κ1) is 12.1. The van der Waals surface area contributed by atoms with E-state index in [0.29, 0.717) is 3.91 Å². The zero-order valence-corrected chi connectivity index (χ0v) is 10.4. The van der Waals surface area contributed by atoms with Crippen LogP contribution in [0.15, 0.2) is 0 Å². The van der Waals surface area contributed by atoms with Gasteiger partial charge in [0.15, 0.2) is 0 Å². The number of hydrogen-bond acceptors (Lipinski definition) is 6. The lowest BCUT2D eigenvalue weighted by atomic mass is 11.8. The summed E-state index contributed by atoms with van der Waals surface area (Å²) in [6.45, 7) is 0. The Hall–Kier alpha value is 2.10. The van der Waals surface area contributed by atoms with Crippen molar-refractivity contribution < 1.29 is 0 Å². The van der Waals surface area contributed by atoms with E-state index in [1.807, 2.05) is 35.3 Å². The molecule has 0 N–H and O–H groups in total. The van der Waals surface area contributed by atoms with Crippen molar-refractivity contribution in [2.24, 2.45) is 0 Å². The standard InChI is InChI=1S/C4H10S6/c5-1-8-4(9-2-6)10-3-7/h4-7H,1-3H2. The van der Waals surface area contributed by atoms with Crippen molar-refractivity contribution in [2.75, 3.05) is 15.3 Å². The van der Waals surface area contributed by atoms with E-state index in [9.17, 15) is 0 Å².